The monoisotopic (exact) mass is 444 g/mol. The molecule has 1 aromatic carbocycles. The van der Waals surface area contributed by atoms with Gasteiger partial charge in [0.15, 0.2) is 23.3 Å². The minimum absolute atomic E-state index is 0.0961. The highest BCUT2D eigenvalue weighted by Crippen LogP contribution is 2.34. The smallest absolute Gasteiger partial charge is 0.414 e. The molecule has 1 aromatic heterocycles. The third-order valence-corrected chi connectivity index (χ3v) is 4.51. The van der Waals surface area contributed by atoms with Crippen LogP contribution in [0.3, 0.4) is 0 Å². The second-order valence-electron chi connectivity index (χ2n) is 6.59. The van der Waals surface area contributed by atoms with Gasteiger partial charge in [-0.05, 0) is 0 Å². The van der Waals surface area contributed by atoms with E-state index in [-0.39, 0.29) is 26.2 Å². The van der Waals surface area contributed by atoms with Crippen molar-refractivity contribution in [3.8, 4) is 0 Å². The Morgan fingerprint density at radius 1 is 1.32 bits per heavy atom. The van der Waals surface area contributed by atoms with Gasteiger partial charge >= 0.3 is 12.1 Å². The standard InChI is InChI=1S/C18H19F3N4O6/c19-11-7-12(15(20)16(21)17(11)24(4-5-26)3-1-14(27)28)25-9-10(31-18(25)29)8-22-13-2-6-30-23-13/h2,6-7,10,26H,1,3-5,8-9H2,(H,22,23)(H,27,28)/t10-/m0/s1. The summed E-state index contributed by atoms with van der Waals surface area (Å²) in [6.07, 6.45) is -0.902. The van der Waals surface area contributed by atoms with Crippen LogP contribution in [0, 0.1) is 17.5 Å². The van der Waals surface area contributed by atoms with Crippen molar-refractivity contribution in [2.75, 3.05) is 47.9 Å². The van der Waals surface area contributed by atoms with Crippen LogP contribution in [-0.4, -0.2) is 66.3 Å². The molecule has 1 amide bonds. The molecule has 31 heavy (non-hydrogen) atoms. The fraction of sp³-hybridized carbons (Fsp3) is 0.389. The molecule has 1 aliphatic heterocycles. The molecule has 2 heterocycles. The van der Waals surface area contributed by atoms with E-state index in [4.69, 9.17) is 14.9 Å². The lowest BCUT2D eigenvalue weighted by molar-refractivity contribution is -0.136. The maximum Gasteiger partial charge on any atom is 0.414 e. The second kappa shape index (κ2) is 9.55. The van der Waals surface area contributed by atoms with Gasteiger partial charge in [-0.1, -0.05) is 5.16 Å². The molecule has 168 valence electrons. The van der Waals surface area contributed by atoms with Crippen LogP contribution in [0.2, 0.25) is 0 Å². The molecule has 1 fully saturated rings. The molecule has 13 heteroatoms. The molecule has 1 atom stereocenters. The average Bonchev–Trinajstić information content (AvgIpc) is 3.36. The summed E-state index contributed by atoms with van der Waals surface area (Å²) in [5.74, 6) is -5.18. The lowest BCUT2D eigenvalue weighted by Gasteiger charge is -2.25. The first kappa shape index (κ1) is 22.2. The van der Waals surface area contributed by atoms with Gasteiger partial charge in [0.1, 0.15) is 18.1 Å². The van der Waals surface area contributed by atoms with Crippen molar-refractivity contribution in [1.82, 2.24) is 5.16 Å². The quantitative estimate of drug-likeness (QED) is 0.470. The van der Waals surface area contributed by atoms with E-state index >= 15 is 0 Å². The molecule has 10 nitrogen and oxygen atoms in total. The summed E-state index contributed by atoms with van der Waals surface area (Å²) in [4.78, 5) is 24.6. The number of carboxylic acids is 1. The number of carbonyl (C=O) groups is 2. The van der Waals surface area contributed by atoms with Crippen molar-refractivity contribution < 1.29 is 42.2 Å². The average molecular weight is 444 g/mol. The Balaban J connectivity index is 1.80. The zero-order valence-electron chi connectivity index (χ0n) is 16.1. The number of aliphatic carboxylic acids is 1. The van der Waals surface area contributed by atoms with Gasteiger partial charge in [-0.2, -0.15) is 0 Å². The van der Waals surface area contributed by atoms with E-state index in [1.165, 1.54) is 12.3 Å². The SMILES string of the molecule is O=C(O)CCN(CCO)c1c(F)cc(N2C[C@H](CNc3ccon3)OC2=O)c(F)c1F. The van der Waals surface area contributed by atoms with Gasteiger partial charge in [-0.25, -0.2) is 18.0 Å². The molecule has 3 rings (SSSR count). The van der Waals surface area contributed by atoms with E-state index in [9.17, 15) is 22.8 Å². The van der Waals surface area contributed by atoms with Gasteiger partial charge in [0.2, 0.25) is 0 Å². The maximum atomic E-state index is 14.8. The zero-order chi connectivity index (χ0) is 22.5. The van der Waals surface area contributed by atoms with E-state index in [1.807, 2.05) is 0 Å². The molecule has 1 saturated heterocycles. The van der Waals surface area contributed by atoms with Crippen LogP contribution >= 0.6 is 0 Å². The molecule has 0 saturated carbocycles. The Morgan fingerprint density at radius 2 is 2.10 bits per heavy atom. The minimum atomic E-state index is -1.61. The van der Waals surface area contributed by atoms with Gasteiger partial charge in [0, 0.05) is 25.2 Å². The van der Waals surface area contributed by atoms with Crippen molar-refractivity contribution in [1.29, 1.82) is 0 Å². The van der Waals surface area contributed by atoms with E-state index in [1.54, 1.807) is 0 Å². The Hall–Kier alpha value is -3.48. The van der Waals surface area contributed by atoms with E-state index in [0.29, 0.717) is 11.9 Å². The Bertz CT molecular complexity index is 943. The number of hydrogen-bond donors (Lipinski definition) is 3. The number of nitrogens with zero attached hydrogens (tertiary/aromatic N) is 3. The first-order valence-corrected chi connectivity index (χ1v) is 9.19. The fourth-order valence-corrected chi connectivity index (χ4v) is 3.09. The number of aromatic nitrogens is 1. The molecule has 1 aliphatic rings. The van der Waals surface area contributed by atoms with Gasteiger partial charge in [-0.15, -0.1) is 0 Å². The Labute approximate surface area is 173 Å². The van der Waals surface area contributed by atoms with Crippen LogP contribution < -0.4 is 15.1 Å². The summed E-state index contributed by atoms with van der Waals surface area (Å²) >= 11 is 0. The number of nitrogens with one attached hydrogen (secondary N) is 1. The van der Waals surface area contributed by atoms with E-state index in [0.717, 1.165) is 9.80 Å². The van der Waals surface area contributed by atoms with Crippen LogP contribution in [0.4, 0.5) is 35.2 Å². The van der Waals surface area contributed by atoms with Crippen molar-refractivity contribution in [2.45, 2.75) is 12.5 Å². The zero-order valence-corrected chi connectivity index (χ0v) is 16.1. The number of aliphatic hydroxyl groups excluding tert-OH is 1. The highest BCUT2D eigenvalue weighted by atomic mass is 19.2. The predicted molar refractivity (Wildman–Crippen MR) is 100 cm³/mol. The molecular weight excluding hydrogens is 425 g/mol. The van der Waals surface area contributed by atoms with Crippen LogP contribution in [0.15, 0.2) is 22.9 Å². The summed E-state index contributed by atoms with van der Waals surface area (Å²) < 4.78 is 54.0. The number of anilines is 3. The molecule has 0 spiro atoms. The highest BCUT2D eigenvalue weighted by Gasteiger charge is 2.36. The van der Waals surface area contributed by atoms with Crippen molar-refractivity contribution >= 4 is 29.3 Å². The summed E-state index contributed by atoms with van der Waals surface area (Å²) in [6, 6.07) is 2.16. The molecular formula is C18H19F3N4O6. The van der Waals surface area contributed by atoms with Crippen LogP contribution in [0.1, 0.15) is 6.42 Å². The van der Waals surface area contributed by atoms with Gasteiger partial charge < -0.3 is 29.7 Å². The third kappa shape index (κ3) is 4.99. The lowest BCUT2D eigenvalue weighted by Crippen LogP contribution is -2.32. The van der Waals surface area contributed by atoms with Gasteiger partial charge in [0.25, 0.3) is 0 Å². The number of amides is 1. The number of carbonyl (C=O) groups excluding carboxylic acids is 1. The molecule has 0 unspecified atom stereocenters. The molecule has 0 bridgehead atoms. The van der Waals surface area contributed by atoms with E-state index in [2.05, 4.69) is 15.0 Å². The number of benzene rings is 1. The Morgan fingerprint density at radius 3 is 2.74 bits per heavy atom. The number of hydrogen-bond acceptors (Lipinski definition) is 8. The normalized spacial score (nSPS) is 15.8. The summed E-state index contributed by atoms with van der Waals surface area (Å²) in [5.41, 5.74) is -1.48. The Kier molecular flexibility index (Phi) is 6.84. The number of carboxylic acid groups (broad SMARTS) is 1. The summed E-state index contributed by atoms with van der Waals surface area (Å²) in [6.45, 7) is -1.30. The first-order chi connectivity index (χ1) is 14.8. The molecule has 2 aromatic rings. The fourth-order valence-electron chi connectivity index (χ4n) is 3.09. The van der Waals surface area contributed by atoms with Crippen molar-refractivity contribution in [3.63, 3.8) is 0 Å². The molecule has 0 radical (unpaired) electrons. The van der Waals surface area contributed by atoms with Gasteiger partial charge in [0.05, 0.1) is 31.8 Å². The lowest BCUT2D eigenvalue weighted by atomic mass is 10.2. The molecule has 3 N–H and O–H groups in total. The van der Waals surface area contributed by atoms with Gasteiger partial charge in [-0.3, -0.25) is 9.69 Å². The number of rotatable bonds is 10. The largest absolute Gasteiger partial charge is 0.481 e. The van der Waals surface area contributed by atoms with E-state index < -0.39 is 60.0 Å². The van der Waals surface area contributed by atoms with Crippen molar-refractivity contribution in [3.05, 3.63) is 35.8 Å². The maximum absolute atomic E-state index is 14.8. The number of aliphatic hydroxyl groups is 1. The van der Waals surface area contributed by atoms with Crippen LogP contribution in [0.5, 0.6) is 0 Å². The number of ether oxygens (including phenoxy) is 1. The predicted octanol–water partition coefficient (Wildman–Crippen LogP) is 1.80. The van der Waals surface area contributed by atoms with Crippen LogP contribution in [-0.2, 0) is 9.53 Å². The summed E-state index contributed by atoms with van der Waals surface area (Å²) in [7, 11) is 0. The number of halogens is 3. The molecule has 0 aliphatic carbocycles. The number of cyclic esters (lactones) is 1. The minimum Gasteiger partial charge on any atom is -0.481 e. The summed E-state index contributed by atoms with van der Waals surface area (Å²) in [5, 5.41) is 24.4. The van der Waals surface area contributed by atoms with Crippen molar-refractivity contribution in [2.24, 2.45) is 0 Å². The third-order valence-electron chi connectivity index (χ3n) is 4.51. The topological polar surface area (TPSA) is 128 Å². The van der Waals surface area contributed by atoms with Crippen LogP contribution in [0.25, 0.3) is 0 Å². The highest BCUT2D eigenvalue weighted by molar-refractivity contribution is 5.90. The first-order valence-electron chi connectivity index (χ1n) is 9.19. The second-order valence-corrected chi connectivity index (χ2v) is 6.59.